The first-order valence-corrected chi connectivity index (χ1v) is 16.3. The third-order valence-electron chi connectivity index (χ3n) is 10.4. The van der Waals surface area contributed by atoms with Gasteiger partial charge in [-0.3, -0.25) is 0 Å². The van der Waals surface area contributed by atoms with Crippen molar-refractivity contribution in [1.82, 2.24) is 0 Å². The van der Waals surface area contributed by atoms with E-state index in [0.717, 1.165) is 17.1 Å². The summed E-state index contributed by atoms with van der Waals surface area (Å²) in [5, 5.41) is 15.3. The van der Waals surface area contributed by atoms with Crippen LogP contribution in [0.4, 0.5) is 0 Å². The van der Waals surface area contributed by atoms with Crippen molar-refractivity contribution >= 4 is 64.6 Å². The van der Waals surface area contributed by atoms with Gasteiger partial charge in [-0.25, -0.2) is 0 Å². The summed E-state index contributed by atoms with van der Waals surface area (Å²) in [6.45, 7) is 0. The Kier molecular flexibility index (Phi) is 4.90. The molecular weight excluding hydrogens is 569 g/mol. The van der Waals surface area contributed by atoms with Crippen molar-refractivity contribution in [3.8, 4) is 44.9 Å². The summed E-state index contributed by atoms with van der Waals surface area (Å²) < 4.78 is 6.57. The molecule has 47 heavy (non-hydrogen) atoms. The number of benzene rings is 10. The lowest BCUT2D eigenvalue weighted by molar-refractivity contribution is 0.487. The van der Waals surface area contributed by atoms with E-state index in [-0.39, 0.29) is 0 Å². The van der Waals surface area contributed by atoms with E-state index in [9.17, 15) is 0 Å². The molecule has 0 spiro atoms. The van der Waals surface area contributed by atoms with Crippen molar-refractivity contribution in [1.29, 1.82) is 0 Å². The van der Waals surface area contributed by atoms with Gasteiger partial charge in [0.25, 0.3) is 0 Å². The Morgan fingerprint density at radius 2 is 0.936 bits per heavy atom. The van der Waals surface area contributed by atoms with Crippen LogP contribution in [0.1, 0.15) is 0 Å². The Labute approximate surface area is 271 Å². The van der Waals surface area contributed by atoms with Crippen LogP contribution in [0.25, 0.3) is 98.0 Å². The highest BCUT2D eigenvalue weighted by atomic mass is 16.5. The molecule has 216 valence electrons. The van der Waals surface area contributed by atoms with Gasteiger partial charge >= 0.3 is 0 Å². The minimum atomic E-state index is 0.899. The molecule has 1 aliphatic heterocycles. The van der Waals surface area contributed by atoms with Gasteiger partial charge in [-0.2, -0.15) is 0 Å². The van der Waals surface area contributed by atoms with Gasteiger partial charge in [0.05, 0.1) is 0 Å². The van der Waals surface area contributed by atoms with Gasteiger partial charge in [0, 0.05) is 10.9 Å². The molecule has 11 rings (SSSR count). The van der Waals surface area contributed by atoms with Gasteiger partial charge < -0.3 is 4.74 Å². The molecule has 0 bridgehead atoms. The molecule has 0 atom stereocenters. The second-order valence-electron chi connectivity index (χ2n) is 12.8. The van der Waals surface area contributed by atoms with Gasteiger partial charge in [-0.05, 0) is 111 Å². The zero-order chi connectivity index (χ0) is 30.6. The summed E-state index contributed by atoms with van der Waals surface area (Å²) in [4.78, 5) is 0. The number of hydrogen-bond donors (Lipinski definition) is 0. The second kappa shape index (κ2) is 9.19. The van der Waals surface area contributed by atoms with Crippen molar-refractivity contribution < 1.29 is 4.74 Å². The molecule has 10 aromatic rings. The van der Waals surface area contributed by atoms with Crippen molar-refractivity contribution in [3.63, 3.8) is 0 Å². The minimum Gasteiger partial charge on any atom is -0.456 e. The lowest BCUT2D eigenvalue weighted by Crippen LogP contribution is -1.98. The maximum Gasteiger partial charge on any atom is 0.135 e. The summed E-state index contributed by atoms with van der Waals surface area (Å²) in [5.74, 6) is 1.82. The van der Waals surface area contributed by atoms with Crippen LogP contribution in [0.3, 0.4) is 0 Å². The zero-order valence-corrected chi connectivity index (χ0v) is 25.4. The number of rotatable bonds is 2. The highest BCUT2D eigenvalue weighted by Crippen LogP contribution is 2.50. The smallest absolute Gasteiger partial charge is 0.135 e. The monoisotopic (exact) mass is 594 g/mol. The summed E-state index contributed by atoms with van der Waals surface area (Å²) in [7, 11) is 0. The third kappa shape index (κ3) is 3.43. The Morgan fingerprint density at radius 1 is 0.277 bits per heavy atom. The normalized spacial score (nSPS) is 12.4. The minimum absolute atomic E-state index is 0.899. The van der Waals surface area contributed by atoms with Gasteiger partial charge in [-0.1, -0.05) is 133 Å². The van der Waals surface area contributed by atoms with Crippen LogP contribution < -0.4 is 4.74 Å². The molecule has 0 radical (unpaired) electrons. The standard InChI is InChI=1S/C46H26O/c1-2-12-33-31(7-1)26-40-39-25-32(21-24-41(39)47-42-16-6-15-36(33)46(40)42)34-13-4-10-27-11-5-14-37(44(27)34)35-22-19-30-18-17-28-8-3-9-29-20-23-38(35)45(30)43(28)29/h1-26H. The van der Waals surface area contributed by atoms with Crippen LogP contribution in [-0.2, 0) is 0 Å². The van der Waals surface area contributed by atoms with Gasteiger partial charge in [0.2, 0.25) is 0 Å². The van der Waals surface area contributed by atoms with Crippen molar-refractivity contribution in [2.24, 2.45) is 0 Å². The first kappa shape index (κ1) is 25.1. The van der Waals surface area contributed by atoms with Crippen molar-refractivity contribution in [2.45, 2.75) is 0 Å². The first-order valence-electron chi connectivity index (χ1n) is 16.3. The molecule has 1 heteroatoms. The lowest BCUT2D eigenvalue weighted by Gasteiger charge is -2.23. The van der Waals surface area contributed by atoms with E-state index in [4.69, 9.17) is 4.74 Å². The van der Waals surface area contributed by atoms with Crippen LogP contribution in [0, 0.1) is 0 Å². The predicted octanol–water partition coefficient (Wildman–Crippen LogP) is 13.2. The molecule has 0 unspecified atom stereocenters. The van der Waals surface area contributed by atoms with Crippen LogP contribution in [0.5, 0.6) is 11.5 Å². The molecule has 0 N–H and O–H groups in total. The Bertz CT molecular complexity index is 2910. The average Bonchev–Trinajstić information content (AvgIpc) is 3.13. The van der Waals surface area contributed by atoms with E-state index >= 15 is 0 Å². The van der Waals surface area contributed by atoms with Gasteiger partial charge in [0.1, 0.15) is 11.5 Å². The van der Waals surface area contributed by atoms with Crippen molar-refractivity contribution in [2.75, 3.05) is 0 Å². The number of ether oxygens (including phenoxy) is 1. The van der Waals surface area contributed by atoms with E-state index in [1.807, 2.05) is 0 Å². The molecule has 0 aliphatic carbocycles. The quantitative estimate of drug-likeness (QED) is 0.181. The highest BCUT2D eigenvalue weighted by molar-refractivity contribution is 6.26. The van der Waals surface area contributed by atoms with Crippen molar-refractivity contribution in [3.05, 3.63) is 158 Å². The van der Waals surface area contributed by atoms with E-state index < -0.39 is 0 Å². The first-order chi connectivity index (χ1) is 23.3. The van der Waals surface area contributed by atoms with E-state index in [2.05, 4.69) is 158 Å². The number of fused-ring (bicyclic) bond motifs is 5. The van der Waals surface area contributed by atoms with Crippen LogP contribution in [0.2, 0.25) is 0 Å². The highest BCUT2D eigenvalue weighted by Gasteiger charge is 2.23. The maximum atomic E-state index is 6.57. The largest absolute Gasteiger partial charge is 0.456 e. The fraction of sp³-hybridized carbons (Fsp3) is 0. The molecule has 0 fully saturated rings. The third-order valence-corrected chi connectivity index (χ3v) is 10.4. The van der Waals surface area contributed by atoms with Crippen LogP contribution >= 0.6 is 0 Å². The molecule has 1 nitrogen and oxygen atoms in total. The summed E-state index contributed by atoms with van der Waals surface area (Å²) in [6, 6.07) is 57.9. The number of hydrogen-bond acceptors (Lipinski definition) is 1. The molecule has 0 aromatic heterocycles. The molecule has 1 aliphatic rings. The van der Waals surface area contributed by atoms with Crippen LogP contribution in [-0.4, -0.2) is 0 Å². The molecule has 0 saturated heterocycles. The molecule has 0 saturated carbocycles. The zero-order valence-electron chi connectivity index (χ0n) is 25.4. The summed E-state index contributed by atoms with van der Waals surface area (Å²) in [5.41, 5.74) is 7.29. The predicted molar refractivity (Wildman–Crippen MR) is 199 cm³/mol. The topological polar surface area (TPSA) is 9.23 Å². The SMILES string of the molecule is c1cc(-c2ccc3c(c2)-c2cc4ccccc4c4cccc(c24)O3)c2c(-c3ccc4ccc5cccc6ccc3c4c56)cccc2c1. The Hall–Kier alpha value is -6.18. The Morgan fingerprint density at radius 3 is 1.81 bits per heavy atom. The Balaban J connectivity index is 1.18. The van der Waals surface area contributed by atoms with E-state index in [1.165, 1.54) is 92.5 Å². The van der Waals surface area contributed by atoms with Gasteiger partial charge in [-0.15, -0.1) is 0 Å². The lowest BCUT2D eigenvalue weighted by atomic mass is 9.85. The maximum absolute atomic E-state index is 6.57. The molecule has 10 aromatic carbocycles. The summed E-state index contributed by atoms with van der Waals surface area (Å²) in [6.07, 6.45) is 0. The fourth-order valence-electron chi connectivity index (χ4n) is 8.32. The van der Waals surface area contributed by atoms with E-state index in [1.54, 1.807) is 0 Å². The molecule has 1 heterocycles. The van der Waals surface area contributed by atoms with E-state index in [0.29, 0.717) is 0 Å². The fourth-order valence-corrected chi connectivity index (χ4v) is 8.32. The average molecular weight is 595 g/mol. The van der Waals surface area contributed by atoms with Gasteiger partial charge in [0.15, 0.2) is 0 Å². The molecule has 0 amide bonds. The molecular formula is C46H26O. The second-order valence-corrected chi connectivity index (χ2v) is 12.8. The van der Waals surface area contributed by atoms with Crippen LogP contribution in [0.15, 0.2) is 158 Å². The summed E-state index contributed by atoms with van der Waals surface area (Å²) >= 11 is 0.